The van der Waals surface area contributed by atoms with Crippen LogP contribution in [0.3, 0.4) is 0 Å². The Morgan fingerprint density at radius 1 is 1.09 bits per heavy atom. The molecule has 0 aliphatic heterocycles. The molecule has 0 saturated heterocycles. The second-order valence-electron chi connectivity index (χ2n) is 4.21. The lowest BCUT2D eigenvalue weighted by Gasteiger charge is -2.21. The van der Waals surface area contributed by atoms with Crippen LogP contribution in [-0.4, -0.2) is 57.7 Å². The van der Waals surface area contributed by atoms with Gasteiger partial charge in [0.05, 0.1) is 27.7 Å². The second kappa shape index (κ2) is 4.52. The topological polar surface area (TPSA) is 3.24 Å². The Kier molecular flexibility index (Phi) is 4.38. The summed E-state index contributed by atoms with van der Waals surface area (Å²) < 4.78 is 1.00. The lowest BCUT2D eigenvalue weighted by Crippen LogP contribution is -2.34. The van der Waals surface area contributed by atoms with Crippen LogP contribution >= 0.6 is 0 Å². The number of quaternary nitrogens is 1. The summed E-state index contributed by atoms with van der Waals surface area (Å²) in [6.07, 6.45) is 4.45. The van der Waals surface area contributed by atoms with Gasteiger partial charge in [-0.1, -0.05) is 6.08 Å². The van der Waals surface area contributed by atoms with E-state index in [9.17, 15) is 0 Å². The van der Waals surface area contributed by atoms with Crippen molar-refractivity contribution < 1.29 is 4.48 Å². The molecule has 0 radical (unpaired) electrons. The molecule has 2 nitrogen and oxygen atoms in total. The van der Waals surface area contributed by atoms with Gasteiger partial charge in [-0.3, -0.25) is 0 Å². The number of rotatable bonds is 4. The highest BCUT2D eigenvalue weighted by Crippen LogP contribution is 1.89. The molecule has 0 heterocycles. The molecule has 0 aliphatic carbocycles. The maximum atomic E-state index is 2.24. The van der Waals surface area contributed by atoms with Crippen LogP contribution in [0.5, 0.6) is 0 Å². The first-order valence-corrected chi connectivity index (χ1v) is 4.02. The van der Waals surface area contributed by atoms with Gasteiger partial charge in [0.1, 0.15) is 0 Å². The Morgan fingerprint density at radius 3 is 2.00 bits per heavy atom. The fraction of sp³-hybridized carbons (Fsp3) is 0.778. The third kappa shape index (κ3) is 9.66. The second-order valence-corrected chi connectivity index (χ2v) is 4.21. The van der Waals surface area contributed by atoms with Gasteiger partial charge in [-0.2, -0.15) is 0 Å². The molecule has 0 spiro atoms. The molecule has 66 valence electrons. The Hall–Kier alpha value is -0.340. The molecule has 0 unspecified atom stereocenters. The summed E-state index contributed by atoms with van der Waals surface area (Å²) in [4.78, 5) is 2.16. The predicted molar refractivity (Wildman–Crippen MR) is 50.6 cm³/mol. The summed E-state index contributed by atoms with van der Waals surface area (Å²) in [5.74, 6) is 0. The fourth-order valence-electron chi connectivity index (χ4n) is 0.676. The lowest BCUT2D eigenvalue weighted by molar-refractivity contribution is -0.864. The first-order chi connectivity index (χ1) is 4.92. The summed E-state index contributed by atoms with van der Waals surface area (Å²) in [6, 6.07) is 0. The minimum atomic E-state index is 1.00. The van der Waals surface area contributed by atoms with E-state index in [0.717, 1.165) is 17.6 Å². The van der Waals surface area contributed by atoms with Gasteiger partial charge in [0.25, 0.3) is 0 Å². The minimum Gasteiger partial charge on any atom is -0.328 e. The van der Waals surface area contributed by atoms with Gasteiger partial charge in [-0.15, -0.1) is 0 Å². The molecule has 0 N–H and O–H groups in total. The number of hydrogen-bond donors (Lipinski definition) is 0. The van der Waals surface area contributed by atoms with Crippen molar-refractivity contribution in [2.45, 2.75) is 0 Å². The van der Waals surface area contributed by atoms with Crippen LogP contribution in [-0.2, 0) is 0 Å². The summed E-state index contributed by atoms with van der Waals surface area (Å²) in [6.45, 7) is 2.15. The van der Waals surface area contributed by atoms with Crippen molar-refractivity contribution in [2.24, 2.45) is 0 Å². The predicted octanol–water partition coefficient (Wildman–Crippen LogP) is 0.810. The Morgan fingerprint density at radius 2 is 1.64 bits per heavy atom. The highest BCUT2D eigenvalue weighted by atomic mass is 15.3. The van der Waals surface area contributed by atoms with E-state index in [2.05, 4.69) is 52.3 Å². The highest BCUT2D eigenvalue weighted by Gasteiger charge is 2.00. The molecule has 0 amide bonds. The SMILES string of the molecule is CN(C)CC=CC[N+](C)(C)C. The van der Waals surface area contributed by atoms with E-state index < -0.39 is 0 Å². The van der Waals surface area contributed by atoms with Gasteiger partial charge < -0.3 is 9.38 Å². The molecule has 11 heavy (non-hydrogen) atoms. The van der Waals surface area contributed by atoms with Crippen molar-refractivity contribution in [1.82, 2.24) is 4.90 Å². The van der Waals surface area contributed by atoms with E-state index in [1.165, 1.54) is 0 Å². The summed E-state index contributed by atoms with van der Waals surface area (Å²) in [5, 5.41) is 0. The zero-order valence-electron chi connectivity index (χ0n) is 8.46. The van der Waals surface area contributed by atoms with Crippen LogP contribution < -0.4 is 0 Å². The molecule has 0 aromatic heterocycles. The van der Waals surface area contributed by atoms with Gasteiger partial charge in [0, 0.05) is 6.54 Å². The van der Waals surface area contributed by atoms with Gasteiger partial charge in [-0.05, 0) is 20.2 Å². The smallest absolute Gasteiger partial charge is 0.0968 e. The first kappa shape index (κ1) is 10.7. The zero-order chi connectivity index (χ0) is 8.91. The molecule has 0 saturated carbocycles. The molecule has 0 fully saturated rings. The van der Waals surface area contributed by atoms with Gasteiger partial charge in [-0.25, -0.2) is 0 Å². The van der Waals surface area contributed by atoms with Crippen molar-refractivity contribution in [3.05, 3.63) is 12.2 Å². The minimum absolute atomic E-state index is 1.00. The number of nitrogens with zero attached hydrogens (tertiary/aromatic N) is 2. The largest absolute Gasteiger partial charge is 0.328 e. The summed E-state index contributed by atoms with van der Waals surface area (Å²) in [5.41, 5.74) is 0. The number of likely N-dealkylation sites (N-methyl/N-ethyl adjacent to an activating group) is 2. The lowest BCUT2D eigenvalue weighted by atomic mass is 10.4. The molecule has 0 rings (SSSR count). The van der Waals surface area contributed by atoms with Gasteiger partial charge in [0.2, 0.25) is 0 Å². The van der Waals surface area contributed by atoms with E-state index >= 15 is 0 Å². The molecule has 0 aromatic rings. The average molecular weight is 157 g/mol. The van der Waals surface area contributed by atoms with Crippen LogP contribution in [0.2, 0.25) is 0 Å². The normalized spacial score (nSPS) is 13.3. The van der Waals surface area contributed by atoms with Gasteiger partial charge in [0.15, 0.2) is 0 Å². The van der Waals surface area contributed by atoms with Crippen molar-refractivity contribution in [1.29, 1.82) is 0 Å². The van der Waals surface area contributed by atoms with Gasteiger partial charge >= 0.3 is 0 Å². The van der Waals surface area contributed by atoms with E-state index in [-0.39, 0.29) is 0 Å². The molecular weight excluding hydrogens is 136 g/mol. The molecule has 2 heteroatoms. The Labute approximate surface area is 70.7 Å². The number of hydrogen-bond acceptors (Lipinski definition) is 1. The quantitative estimate of drug-likeness (QED) is 0.431. The summed E-state index contributed by atoms with van der Waals surface area (Å²) >= 11 is 0. The van der Waals surface area contributed by atoms with E-state index in [1.54, 1.807) is 0 Å². The van der Waals surface area contributed by atoms with E-state index in [1.807, 2.05) is 0 Å². The molecule has 0 aromatic carbocycles. The first-order valence-electron chi connectivity index (χ1n) is 4.02. The third-order valence-electron chi connectivity index (χ3n) is 1.29. The molecular formula is C9H21N2+. The van der Waals surface area contributed by atoms with Crippen LogP contribution in [0.4, 0.5) is 0 Å². The van der Waals surface area contributed by atoms with Crippen molar-refractivity contribution in [3.8, 4) is 0 Å². The summed E-state index contributed by atoms with van der Waals surface area (Å²) in [7, 11) is 10.7. The molecule has 0 bridgehead atoms. The highest BCUT2D eigenvalue weighted by molar-refractivity contribution is 4.83. The third-order valence-corrected chi connectivity index (χ3v) is 1.29. The monoisotopic (exact) mass is 157 g/mol. The van der Waals surface area contributed by atoms with Crippen molar-refractivity contribution >= 4 is 0 Å². The van der Waals surface area contributed by atoms with Crippen LogP contribution in [0, 0.1) is 0 Å². The maximum Gasteiger partial charge on any atom is 0.0968 e. The Balaban J connectivity index is 3.46. The van der Waals surface area contributed by atoms with E-state index in [0.29, 0.717) is 0 Å². The van der Waals surface area contributed by atoms with Crippen LogP contribution in [0.1, 0.15) is 0 Å². The van der Waals surface area contributed by atoms with Crippen molar-refractivity contribution in [3.63, 3.8) is 0 Å². The zero-order valence-corrected chi connectivity index (χ0v) is 8.46. The molecule has 0 aliphatic rings. The maximum absolute atomic E-state index is 2.24. The van der Waals surface area contributed by atoms with Crippen LogP contribution in [0.15, 0.2) is 12.2 Å². The van der Waals surface area contributed by atoms with Crippen LogP contribution in [0.25, 0.3) is 0 Å². The average Bonchev–Trinajstić information content (AvgIpc) is 1.78. The van der Waals surface area contributed by atoms with E-state index in [4.69, 9.17) is 0 Å². The van der Waals surface area contributed by atoms with Crippen molar-refractivity contribution in [2.75, 3.05) is 48.3 Å². The Bertz CT molecular complexity index is 120. The molecule has 0 atom stereocenters. The standard InChI is InChI=1S/C9H21N2/c1-10(2)8-6-7-9-11(3,4)5/h6-7H,8-9H2,1-5H3/q+1. The fourth-order valence-corrected chi connectivity index (χ4v) is 0.676.